The van der Waals surface area contributed by atoms with Crippen molar-refractivity contribution in [1.29, 1.82) is 0 Å². The van der Waals surface area contributed by atoms with Gasteiger partial charge >= 0.3 is 5.97 Å². The molecule has 0 radical (unpaired) electrons. The Morgan fingerprint density at radius 3 is 2.36 bits per heavy atom. The lowest BCUT2D eigenvalue weighted by atomic mass is 9.39. The van der Waals surface area contributed by atoms with E-state index in [9.17, 15) is 19.8 Å². The second-order valence-corrected chi connectivity index (χ2v) is 12.8. The van der Waals surface area contributed by atoms with E-state index in [0.29, 0.717) is 12.0 Å². The number of carbonyl (C=O) groups excluding carboxylic acids is 1. The zero-order chi connectivity index (χ0) is 23.8. The minimum absolute atomic E-state index is 0.104. The lowest BCUT2D eigenvalue weighted by molar-refractivity contribution is -0.154. The standard InChI is InChI=1S/C28H35NO4/c1-16-17-6-7-20-25(4,18(17)14-19(30)21(16)31)11-13-27-26(20,5)12-10-24(3)9-8-23(2,22(32)33)15-28(24,27)29-27/h6-7,14,29,31H,8-13,15H2,1-5H3,(H,32,33)/t23-,24-,25+,26-,27+,28+/m1/s1. The number of fused-ring (bicyclic) bond motifs is 4. The van der Waals surface area contributed by atoms with E-state index in [0.717, 1.165) is 49.7 Å². The zero-order valence-corrected chi connectivity index (χ0v) is 20.4. The molecule has 6 aliphatic rings. The molecule has 1 saturated heterocycles. The van der Waals surface area contributed by atoms with Gasteiger partial charge in [-0.3, -0.25) is 9.59 Å². The average Bonchev–Trinajstić information content (AvgIpc) is 3.43. The van der Waals surface area contributed by atoms with Crippen molar-refractivity contribution >= 4 is 11.8 Å². The molecule has 3 saturated carbocycles. The van der Waals surface area contributed by atoms with Crippen LogP contribution in [0.2, 0.25) is 0 Å². The van der Waals surface area contributed by atoms with Gasteiger partial charge in [0.2, 0.25) is 5.78 Å². The molecule has 0 aromatic heterocycles. The van der Waals surface area contributed by atoms with Gasteiger partial charge in [0, 0.05) is 27.5 Å². The Kier molecular flexibility index (Phi) is 3.72. The Morgan fingerprint density at radius 2 is 1.67 bits per heavy atom. The van der Waals surface area contributed by atoms with Crippen LogP contribution in [0.4, 0.5) is 0 Å². The molecule has 1 heterocycles. The molecule has 6 rings (SSSR count). The summed E-state index contributed by atoms with van der Waals surface area (Å²) in [5.74, 6) is -1.11. The second-order valence-electron chi connectivity index (χ2n) is 12.8. The third-order valence-electron chi connectivity index (χ3n) is 11.4. The third-order valence-corrected chi connectivity index (χ3v) is 11.4. The molecule has 0 amide bonds. The van der Waals surface area contributed by atoms with Crippen LogP contribution in [0.15, 0.2) is 46.3 Å². The van der Waals surface area contributed by atoms with Crippen molar-refractivity contribution in [3.05, 3.63) is 46.3 Å². The van der Waals surface area contributed by atoms with Gasteiger partial charge in [0.15, 0.2) is 5.76 Å². The van der Waals surface area contributed by atoms with E-state index in [1.807, 2.05) is 13.8 Å². The van der Waals surface area contributed by atoms with E-state index in [1.165, 1.54) is 5.57 Å². The number of ketones is 1. The van der Waals surface area contributed by atoms with Crippen LogP contribution in [0.1, 0.15) is 79.6 Å². The molecule has 176 valence electrons. The van der Waals surface area contributed by atoms with Crippen LogP contribution in [0.3, 0.4) is 0 Å². The quantitative estimate of drug-likeness (QED) is 0.481. The predicted molar refractivity (Wildman–Crippen MR) is 126 cm³/mol. The van der Waals surface area contributed by atoms with Crippen LogP contribution < -0.4 is 5.32 Å². The lowest BCUT2D eigenvalue weighted by Gasteiger charge is -2.62. The predicted octanol–water partition coefficient (Wildman–Crippen LogP) is 5.16. The van der Waals surface area contributed by atoms with Gasteiger partial charge in [-0.2, -0.15) is 0 Å². The van der Waals surface area contributed by atoms with Gasteiger partial charge in [-0.05, 0) is 81.4 Å². The minimum atomic E-state index is -0.694. The molecule has 1 aliphatic heterocycles. The zero-order valence-electron chi connectivity index (χ0n) is 20.4. The van der Waals surface area contributed by atoms with Crippen LogP contribution in [0.5, 0.6) is 0 Å². The van der Waals surface area contributed by atoms with Crippen molar-refractivity contribution < 1.29 is 19.8 Å². The van der Waals surface area contributed by atoms with E-state index < -0.39 is 11.4 Å². The van der Waals surface area contributed by atoms with E-state index in [2.05, 4.69) is 38.2 Å². The summed E-state index contributed by atoms with van der Waals surface area (Å²) in [5, 5.41) is 24.4. The second kappa shape index (κ2) is 5.73. The summed E-state index contributed by atoms with van der Waals surface area (Å²) in [4.78, 5) is 24.8. The summed E-state index contributed by atoms with van der Waals surface area (Å²) in [7, 11) is 0. The van der Waals surface area contributed by atoms with Crippen molar-refractivity contribution in [1.82, 2.24) is 5.32 Å². The molecule has 0 bridgehead atoms. The highest BCUT2D eigenvalue weighted by atomic mass is 16.4. The van der Waals surface area contributed by atoms with Gasteiger partial charge in [0.05, 0.1) is 5.41 Å². The Morgan fingerprint density at radius 1 is 0.970 bits per heavy atom. The Balaban J connectivity index is 1.50. The summed E-state index contributed by atoms with van der Waals surface area (Å²) >= 11 is 0. The minimum Gasteiger partial charge on any atom is -0.504 e. The average molecular weight is 450 g/mol. The monoisotopic (exact) mass is 449 g/mol. The van der Waals surface area contributed by atoms with Gasteiger partial charge in [0.1, 0.15) is 0 Å². The molecule has 33 heavy (non-hydrogen) atoms. The number of hydrogen-bond donors (Lipinski definition) is 3. The largest absolute Gasteiger partial charge is 0.504 e. The molecule has 0 unspecified atom stereocenters. The molecule has 6 atom stereocenters. The Bertz CT molecular complexity index is 1170. The highest BCUT2D eigenvalue weighted by Gasteiger charge is 2.85. The molecule has 4 fully saturated rings. The maximum absolute atomic E-state index is 12.6. The fourth-order valence-corrected chi connectivity index (χ4v) is 9.09. The number of carboxylic acid groups (broad SMARTS) is 1. The topological polar surface area (TPSA) is 96.5 Å². The summed E-state index contributed by atoms with van der Waals surface area (Å²) in [6.45, 7) is 10.8. The number of nitrogens with one attached hydrogen (secondary N) is 1. The molecule has 3 N–H and O–H groups in total. The fourth-order valence-electron chi connectivity index (χ4n) is 9.09. The first-order valence-corrected chi connectivity index (χ1v) is 12.4. The van der Waals surface area contributed by atoms with Gasteiger partial charge in [-0.15, -0.1) is 0 Å². The SMILES string of the molecule is CC1=C(O)C(=O)C=C2C1=CC=C1[C@@]2(C)CC[C@@]23N[C@]24C[C@](C)(C(=O)O)CC[C@]4(C)CC[C@]13C. The number of hydrogen-bond acceptors (Lipinski definition) is 4. The van der Waals surface area contributed by atoms with E-state index >= 15 is 0 Å². The first-order valence-electron chi connectivity index (χ1n) is 12.4. The van der Waals surface area contributed by atoms with Gasteiger partial charge < -0.3 is 15.5 Å². The van der Waals surface area contributed by atoms with Gasteiger partial charge in [-0.25, -0.2) is 0 Å². The van der Waals surface area contributed by atoms with E-state index in [1.54, 1.807) is 6.08 Å². The number of carbonyl (C=O) groups is 2. The highest BCUT2D eigenvalue weighted by molar-refractivity contribution is 6.06. The first kappa shape index (κ1) is 21.4. The molecular formula is C28H35NO4. The van der Waals surface area contributed by atoms with Crippen molar-refractivity contribution in [2.75, 3.05) is 0 Å². The maximum atomic E-state index is 12.6. The molecule has 5 aliphatic carbocycles. The lowest BCUT2D eigenvalue weighted by Crippen LogP contribution is -2.62. The van der Waals surface area contributed by atoms with Crippen molar-refractivity contribution in [3.63, 3.8) is 0 Å². The Hall–Kier alpha value is -2.14. The van der Waals surface area contributed by atoms with Crippen molar-refractivity contribution in [2.24, 2.45) is 21.7 Å². The van der Waals surface area contributed by atoms with E-state index in [-0.39, 0.29) is 38.9 Å². The number of allylic oxidation sites excluding steroid dienone is 6. The molecule has 5 heteroatoms. The summed E-state index contributed by atoms with van der Waals surface area (Å²) in [5.41, 5.74) is 2.84. The summed E-state index contributed by atoms with van der Waals surface area (Å²) in [6, 6.07) is 0. The third kappa shape index (κ3) is 2.11. The normalized spacial score (nSPS) is 50.0. The molecular weight excluding hydrogens is 414 g/mol. The van der Waals surface area contributed by atoms with Crippen molar-refractivity contribution in [2.45, 2.75) is 90.6 Å². The number of aliphatic carboxylic acids is 1. The van der Waals surface area contributed by atoms with E-state index in [4.69, 9.17) is 0 Å². The molecule has 2 spiro atoms. The summed E-state index contributed by atoms with van der Waals surface area (Å²) < 4.78 is 0. The van der Waals surface area contributed by atoms with Gasteiger partial charge in [0.25, 0.3) is 0 Å². The number of rotatable bonds is 1. The first-order chi connectivity index (χ1) is 15.3. The fraction of sp³-hybridized carbons (Fsp3) is 0.643. The summed E-state index contributed by atoms with van der Waals surface area (Å²) in [6.07, 6.45) is 12.4. The van der Waals surface area contributed by atoms with Crippen LogP contribution in [0.25, 0.3) is 0 Å². The van der Waals surface area contributed by atoms with Crippen molar-refractivity contribution in [3.8, 4) is 0 Å². The smallest absolute Gasteiger partial charge is 0.309 e. The number of carboxylic acids is 1. The number of aliphatic hydroxyl groups excluding tert-OH is 1. The molecule has 5 nitrogen and oxygen atoms in total. The van der Waals surface area contributed by atoms with Crippen LogP contribution in [0, 0.1) is 21.7 Å². The number of aliphatic hydroxyl groups is 1. The van der Waals surface area contributed by atoms with Crippen LogP contribution in [-0.2, 0) is 9.59 Å². The van der Waals surface area contributed by atoms with Crippen LogP contribution >= 0.6 is 0 Å². The highest BCUT2D eigenvalue weighted by Crippen LogP contribution is 2.79. The molecule has 0 aromatic rings. The molecule has 0 aromatic carbocycles. The van der Waals surface area contributed by atoms with Gasteiger partial charge in [-0.1, -0.05) is 38.5 Å². The van der Waals surface area contributed by atoms with Crippen LogP contribution in [-0.4, -0.2) is 33.0 Å². The Labute approximate surface area is 195 Å². The maximum Gasteiger partial charge on any atom is 0.309 e.